The number of hydrogen-bond acceptors (Lipinski definition) is 4. The van der Waals surface area contributed by atoms with E-state index in [1.54, 1.807) is 6.92 Å². The highest BCUT2D eigenvalue weighted by atomic mass is 32.1. The second-order valence-corrected chi connectivity index (χ2v) is 9.37. The van der Waals surface area contributed by atoms with Crippen LogP contribution in [0.15, 0.2) is 30.3 Å². The number of thiophene rings is 1. The average Bonchev–Trinajstić information content (AvgIpc) is 3.04. The number of benzene rings is 1. The Morgan fingerprint density at radius 1 is 1.14 bits per heavy atom. The van der Waals surface area contributed by atoms with E-state index in [4.69, 9.17) is 4.74 Å². The Hall–Kier alpha value is -2.14. The molecule has 0 saturated heterocycles. The minimum absolute atomic E-state index is 0.179. The Kier molecular flexibility index (Phi) is 7.41. The van der Waals surface area contributed by atoms with Crippen LogP contribution in [0.2, 0.25) is 0 Å². The molecule has 0 spiro atoms. The monoisotopic (exact) mass is 401 g/mol. The van der Waals surface area contributed by atoms with E-state index >= 15 is 0 Å². The van der Waals surface area contributed by atoms with Gasteiger partial charge >= 0.3 is 5.97 Å². The molecular weight excluding hydrogens is 370 g/mol. The number of carbonyl (C=O) groups is 2. The Morgan fingerprint density at radius 3 is 2.32 bits per heavy atom. The fraction of sp³-hybridized carbons (Fsp3) is 0.478. The molecule has 2 rings (SSSR count). The molecular formula is C23H31NO3S. The zero-order valence-electron chi connectivity index (χ0n) is 17.7. The maximum Gasteiger partial charge on any atom is 0.341 e. The molecule has 0 bridgehead atoms. The molecule has 1 aromatic carbocycles. The molecule has 1 heterocycles. The van der Waals surface area contributed by atoms with Crippen LogP contribution in [-0.4, -0.2) is 18.5 Å². The molecule has 1 unspecified atom stereocenters. The number of esters is 1. The van der Waals surface area contributed by atoms with Gasteiger partial charge in [-0.3, -0.25) is 4.79 Å². The highest BCUT2D eigenvalue weighted by molar-refractivity contribution is 7.16. The van der Waals surface area contributed by atoms with Crippen molar-refractivity contribution in [3.05, 3.63) is 51.9 Å². The summed E-state index contributed by atoms with van der Waals surface area (Å²) in [5, 5.41) is 3.47. The van der Waals surface area contributed by atoms with Gasteiger partial charge in [0, 0.05) is 10.4 Å². The third kappa shape index (κ3) is 5.93. The number of anilines is 1. The molecule has 152 valence electrons. The smallest absolute Gasteiger partial charge is 0.341 e. The predicted molar refractivity (Wildman–Crippen MR) is 117 cm³/mol. The van der Waals surface area contributed by atoms with Gasteiger partial charge in [0.25, 0.3) is 5.91 Å². The minimum Gasteiger partial charge on any atom is -0.462 e. The van der Waals surface area contributed by atoms with Crippen molar-refractivity contribution >= 4 is 28.2 Å². The van der Waals surface area contributed by atoms with E-state index < -0.39 is 5.97 Å². The summed E-state index contributed by atoms with van der Waals surface area (Å²) in [7, 11) is 0. The summed E-state index contributed by atoms with van der Waals surface area (Å²) in [5.41, 5.74) is 2.36. The van der Waals surface area contributed by atoms with Crippen molar-refractivity contribution in [1.82, 2.24) is 0 Å². The highest BCUT2D eigenvalue weighted by Gasteiger charge is 2.24. The molecule has 4 nitrogen and oxygen atoms in total. The van der Waals surface area contributed by atoms with Crippen LogP contribution in [-0.2, 0) is 11.2 Å². The van der Waals surface area contributed by atoms with Crippen molar-refractivity contribution in [3.63, 3.8) is 0 Å². The molecule has 0 aliphatic rings. The molecule has 0 radical (unpaired) electrons. The Morgan fingerprint density at radius 2 is 1.79 bits per heavy atom. The number of rotatable bonds is 7. The zero-order chi connectivity index (χ0) is 20.9. The second-order valence-electron chi connectivity index (χ2n) is 8.28. The van der Waals surface area contributed by atoms with E-state index in [2.05, 4.69) is 39.9 Å². The molecule has 0 aliphatic heterocycles. The molecule has 5 heteroatoms. The van der Waals surface area contributed by atoms with Gasteiger partial charge in [0.05, 0.1) is 12.2 Å². The molecule has 1 N–H and O–H groups in total. The highest BCUT2D eigenvalue weighted by Crippen LogP contribution is 2.38. The van der Waals surface area contributed by atoms with Crippen LogP contribution in [0.4, 0.5) is 5.00 Å². The third-order valence-electron chi connectivity index (χ3n) is 4.50. The number of amides is 1. The van der Waals surface area contributed by atoms with Crippen LogP contribution in [0.1, 0.15) is 85.0 Å². The Labute approximate surface area is 172 Å². The first kappa shape index (κ1) is 22.2. The third-order valence-corrected chi connectivity index (χ3v) is 5.78. The van der Waals surface area contributed by atoms with Gasteiger partial charge in [0.2, 0.25) is 0 Å². The maximum atomic E-state index is 12.7. The summed E-state index contributed by atoms with van der Waals surface area (Å²) in [6, 6.07) is 9.40. The van der Waals surface area contributed by atoms with Crippen molar-refractivity contribution in [3.8, 4) is 0 Å². The van der Waals surface area contributed by atoms with Crippen molar-refractivity contribution in [1.29, 1.82) is 0 Å². The molecule has 1 amide bonds. The van der Waals surface area contributed by atoms with Gasteiger partial charge in [-0.05, 0) is 54.9 Å². The van der Waals surface area contributed by atoms with Crippen molar-refractivity contribution in [2.24, 2.45) is 5.41 Å². The number of carbonyl (C=O) groups excluding carboxylic acids is 2. The fourth-order valence-electron chi connectivity index (χ4n) is 3.19. The number of aryl methyl sites for hydroxylation is 1. The van der Waals surface area contributed by atoms with Gasteiger partial charge in [-0.2, -0.15) is 0 Å². The molecule has 0 fully saturated rings. The van der Waals surface area contributed by atoms with Gasteiger partial charge in [-0.25, -0.2) is 4.79 Å². The van der Waals surface area contributed by atoms with E-state index in [-0.39, 0.29) is 17.2 Å². The summed E-state index contributed by atoms with van der Waals surface area (Å²) < 4.78 is 5.20. The lowest BCUT2D eigenvalue weighted by Gasteiger charge is -2.22. The lowest BCUT2D eigenvalue weighted by atomic mass is 9.85. The van der Waals surface area contributed by atoms with E-state index in [0.29, 0.717) is 22.7 Å². The van der Waals surface area contributed by atoms with Gasteiger partial charge in [-0.1, -0.05) is 46.8 Å². The molecule has 0 saturated carbocycles. The van der Waals surface area contributed by atoms with Crippen LogP contribution in [0.5, 0.6) is 0 Å². The molecule has 28 heavy (non-hydrogen) atoms. The van der Waals surface area contributed by atoms with Crippen LogP contribution in [0.25, 0.3) is 0 Å². The van der Waals surface area contributed by atoms with Crippen LogP contribution in [0.3, 0.4) is 0 Å². The van der Waals surface area contributed by atoms with Gasteiger partial charge in [0.15, 0.2) is 0 Å². The lowest BCUT2D eigenvalue weighted by molar-refractivity contribution is 0.0528. The van der Waals surface area contributed by atoms with Crippen molar-refractivity contribution < 1.29 is 14.3 Å². The van der Waals surface area contributed by atoms with E-state index in [1.807, 2.05) is 30.3 Å². The number of nitrogens with one attached hydrogen (secondary N) is 1. The SMILES string of the molecule is CCOC(=O)c1cc(C(C)CC(C)(C)C)sc1NC(=O)c1ccc(CC)cc1. The maximum absolute atomic E-state index is 12.7. The summed E-state index contributed by atoms with van der Waals surface area (Å²) >= 11 is 1.46. The van der Waals surface area contributed by atoms with E-state index in [0.717, 1.165) is 17.7 Å². The van der Waals surface area contributed by atoms with Crippen molar-refractivity contribution in [2.45, 2.75) is 60.3 Å². The molecule has 0 aliphatic carbocycles. The van der Waals surface area contributed by atoms with Crippen LogP contribution < -0.4 is 5.32 Å². The average molecular weight is 402 g/mol. The zero-order valence-corrected chi connectivity index (χ0v) is 18.5. The van der Waals surface area contributed by atoms with Gasteiger partial charge < -0.3 is 10.1 Å². The quantitative estimate of drug-likeness (QED) is 0.556. The predicted octanol–water partition coefficient (Wildman–Crippen LogP) is 6.28. The first-order valence-electron chi connectivity index (χ1n) is 9.85. The van der Waals surface area contributed by atoms with E-state index in [1.165, 1.54) is 16.9 Å². The van der Waals surface area contributed by atoms with E-state index in [9.17, 15) is 9.59 Å². The topological polar surface area (TPSA) is 55.4 Å². The molecule has 1 aromatic heterocycles. The first-order valence-corrected chi connectivity index (χ1v) is 10.7. The largest absolute Gasteiger partial charge is 0.462 e. The standard InChI is InChI=1S/C23H31NO3S/c1-7-16-9-11-17(12-10-16)20(25)24-21-18(22(26)27-8-2)13-19(28-21)15(3)14-23(4,5)6/h9-13,15H,7-8,14H2,1-6H3,(H,24,25). The lowest BCUT2D eigenvalue weighted by Crippen LogP contribution is -2.14. The van der Waals surface area contributed by atoms with Crippen LogP contribution in [0, 0.1) is 5.41 Å². The van der Waals surface area contributed by atoms with Gasteiger partial charge in [-0.15, -0.1) is 11.3 Å². The Balaban J connectivity index is 2.29. The second kappa shape index (κ2) is 9.37. The minimum atomic E-state index is -0.399. The van der Waals surface area contributed by atoms with Crippen molar-refractivity contribution in [2.75, 3.05) is 11.9 Å². The number of ether oxygens (including phenoxy) is 1. The Bertz CT molecular complexity index is 815. The molecule has 1 atom stereocenters. The summed E-state index contributed by atoms with van der Waals surface area (Å²) in [4.78, 5) is 26.2. The normalized spacial score (nSPS) is 12.5. The first-order chi connectivity index (χ1) is 13.1. The molecule has 2 aromatic rings. The summed E-state index contributed by atoms with van der Waals surface area (Å²) in [6.07, 6.45) is 1.91. The summed E-state index contributed by atoms with van der Waals surface area (Å²) in [6.45, 7) is 12.9. The fourth-order valence-corrected chi connectivity index (χ4v) is 4.29. The van der Waals surface area contributed by atoms with Crippen LogP contribution >= 0.6 is 11.3 Å². The number of hydrogen-bond donors (Lipinski definition) is 1. The van der Waals surface area contributed by atoms with Gasteiger partial charge in [0.1, 0.15) is 5.00 Å². The summed E-state index contributed by atoms with van der Waals surface area (Å²) in [5.74, 6) is -0.331.